The maximum Gasteiger partial charge on any atom is 0.333 e. The quantitative estimate of drug-likeness (QED) is 0.789. The Hall–Kier alpha value is -1.79. The Bertz CT molecular complexity index is 744. The molecule has 0 spiro atoms. The molecule has 2 aliphatic rings. The zero-order valence-electron chi connectivity index (χ0n) is 11.9. The molecule has 3 heterocycles. The molecular weight excluding hydrogens is 316 g/mol. The summed E-state index contributed by atoms with van der Waals surface area (Å²) in [6.07, 6.45) is 0. The Kier molecular flexibility index (Phi) is 3.23. The highest BCUT2D eigenvalue weighted by Gasteiger charge is 2.53. The van der Waals surface area contributed by atoms with Crippen molar-refractivity contribution in [3.05, 3.63) is 52.2 Å². The summed E-state index contributed by atoms with van der Waals surface area (Å²) in [4.78, 5) is 29.7. The van der Waals surface area contributed by atoms with Crippen LogP contribution in [0.4, 0.5) is 10.5 Å². The third-order valence-corrected chi connectivity index (χ3v) is 6.57. The van der Waals surface area contributed by atoms with E-state index in [-0.39, 0.29) is 23.4 Å². The molecule has 1 aromatic heterocycles. The number of hydrogen-bond donors (Lipinski definition) is 0. The molecule has 112 valence electrons. The van der Waals surface area contributed by atoms with Gasteiger partial charge in [0.25, 0.3) is 5.91 Å². The van der Waals surface area contributed by atoms with Gasteiger partial charge < -0.3 is 0 Å². The van der Waals surface area contributed by atoms with Gasteiger partial charge >= 0.3 is 6.03 Å². The van der Waals surface area contributed by atoms with E-state index < -0.39 is 0 Å². The van der Waals surface area contributed by atoms with Crippen LogP contribution in [0.15, 0.2) is 41.8 Å². The first kappa shape index (κ1) is 13.8. The van der Waals surface area contributed by atoms with Crippen LogP contribution in [0.5, 0.6) is 0 Å². The molecule has 0 bridgehead atoms. The molecule has 3 amide bonds. The number of fused-ring (bicyclic) bond motifs is 1. The maximum atomic E-state index is 12.8. The largest absolute Gasteiger partial charge is 0.333 e. The number of amides is 3. The second-order valence-corrected chi connectivity index (χ2v) is 7.43. The molecule has 0 unspecified atom stereocenters. The molecule has 2 saturated heterocycles. The van der Waals surface area contributed by atoms with Crippen LogP contribution in [0.1, 0.15) is 15.8 Å². The number of para-hydroxylation sites is 1. The number of benzene rings is 1. The third kappa shape index (κ3) is 1.90. The van der Waals surface area contributed by atoms with Gasteiger partial charge in [-0.25, -0.2) is 9.69 Å². The van der Waals surface area contributed by atoms with Crippen LogP contribution in [-0.4, -0.2) is 28.6 Å². The minimum atomic E-state index is -0.343. The van der Waals surface area contributed by atoms with E-state index in [1.165, 1.54) is 15.3 Å². The average molecular weight is 330 g/mol. The summed E-state index contributed by atoms with van der Waals surface area (Å²) in [6.45, 7) is 2.05. The van der Waals surface area contributed by atoms with Gasteiger partial charge in [-0.15, -0.1) is 23.1 Å². The lowest BCUT2D eigenvalue weighted by Gasteiger charge is -2.22. The monoisotopic (exact) mass is 330 g/mol. The lowest BCUT2D eigenvalue weighted by atomic mass is 10.2. The number of hydrogen-bond acceptors (Lipinski definition) is 4. The molecule has 0 radical (unpaired) electrons. The van der Waals surface area contributed by atoms with Crippen molar-refractivity contribution in [2.24, 2.45) is 0 Å². The van der Waals surface area contributed by atoms with Crippen molar-refractivity contribution in [2.45, 2.75) is 18.3 Å². The molecule has 6 heteroatoms. The second kappa shape index (κ2) is 5.14. The van der Waals surface area contributed by atoms with Gasteiger partial charge in [0.05, 0.1) is 5.69 Å². The van der Waals surface area contributed by atoms with Gasteiger partial charge in [-0.3, -0.25) is 9.69 Å². The summed E-state index contributed by atoms with van der Waals surface area (Å²) in [5.74, 6) is 0.552. The minimum Gasteiger partial charge on any atom is -0.294 e. The maximum absolute atomic E-state index is 12.8. The number of thioether (sulfide) groups is 1. The molecule has 4 rings (SSSR count). The molecule has 4 nitrogen and oxygen atoms in total. The second-order valence-electron chi connectivity index (χ2n) is 5.37. The number of urea groups is 1. The number of thiophene rings is 1. The van der Waals surface area contributed by atoms with Gasteiger partial charge in [-0.2, -0.15) is 0 Å². The van der Waals surface area contributed by atoms with Crippen molar-refractivity contribution >= 4 is 40.7 Å². The highest BCUT2D eigenvalue weighted by Crippen LogP contribution is 2.48. The summed E-state index contributed by atoms with van der Waals surface area (Å²) in [5.41, 5.74) is 1.83. The minimum absolute atomic E-state index is 0.0461. The fourth-order valence-corrected chi connectivity index (χ4v) is 5.62. The van der Waals surface area contributed by atoms with Crippen molar-refractivity contribution < 1.29 is 9.59 Å². The summed E-state index contributed by atoms with van der Waals surface area (Å²) < 4.78 is 0. The normalized spacial score (nSPS) is 24.2. The summed E-state index contributed by atoms with van der Waals surface area (Å²) in [5, 5.41) is 1.99. The van der Waals surface area contributed by atoms with Crippen LogP contribution in [0.2, 0.25) is 0 Å². The summed E-state index contributed by atoms with van der Waals surface area (Å²) in [7, 11) is 0. The molecule has 2 atom stereocenters. The molecule has 2 aliphatic heterocycles. The van der Waals surface area contributed by atoms with Crippen molar-refractivity contribution in [3.8, 4) is 0 Å². The number of carbonyl (C=O) groups is 2. The van der Waals surface area contributed by atoms with E-state index in [0.717, 1.165) is 0 Å². The first-order chi connectivity index (χ1) is 10.7. The van der Waals surface area contributed by atoms with E-state index in [1.807, 2.05) is 23.6 Å². The fraction of sp³-hybridized carbons (Fsp3) is 0.250. The van der Waals surface area contributed by atoms with Gasteiger partial charge in [-0.1, -0.05) is 18.2 Å². The van der Waals surface area contributed by atoms with Crippen molar-refractivity contribution in [2.75, 3.05) is 10.7 Å². The number of aryl methyl sites for hydroxylation is 1. The summed E-state index contributed by atoms with van der Waals surface area (Å²) in [6, 6.07) is 10.7. The van der Waals surface area contributed by atoms with Crippen LogP contribution in [0.3, 0.4) is 0 Å². The predicted molar refractivity (Wildman–Crippen MR) is 89.2 cm³/mol. The van der Waals surface area contributed by atoms with E-state index in [9.17, 15) is 9.59 Å². The number of carbonyl (C=O) groups excluding carboxylic acids is 2. The highest BCUT2D eigenvalue weighted by atomic mass is 32.2. The van der Waals surface area contributed by atoms with Crippen molar-refractivity contribution in [1.29, 1.82) is 0 Å². The fourth-order valence-electron chi connectivity index (χ4n) is 2.94. The summed E-state index contributed by atoms with van der Waals surface area (Å²) >= 11 is 3.33. The van der Waals surface area contributed by atoms with Gasteiger partial charge in [0.1, 0.15) is 11.4 Å². The highest BCUT2D eigenvalue weighted by molar-refractivity contribution is 8.00. The molecule has 0 saturated carbocycles. The zero-order valence-corrected chi connectivity index (χ0v) is 13.6. The molecule has 2 aromatic rings. The predicted octanol–water partition coefficient (Wildman–Crippen LogP) is 3.64. The Morgan fingerprint density at radius 3 is 2.59 bits per heavy atom. The standard InChI is InChI=1S/C16H14N2O2S2/c1-10-7-8-21-13(10)15-18-12(9-22-15)14(19)17(16(18)20)11-5-3-2-4-6-11/h2-8,12,15H,9H2,1H3/t12-,15-/m1/s1. The lowest BCUT2D eigenvalue weighted by Crippen LogP contribution is -2.33. The Morgan fingerprint density at radius 1 is 1.14 bits per heavy atom. The third-order valence-electron chi connectivity index (χ3n) is 4.06. The number of imide groups is 1. The van der Waals surface area contributed by atoms with Gasteiger partial charge in [0, 0.05) is 10.6 Å². The van der Waals surface area contributed by atoms with Gasteiger partial charge in [-0.05, 0) is 36.1 Å². The Labute approximate surface area is 136 Å². The molecule has 2 fully saturated rings. The van der Waals surface area contributed by atoms with Gasteiger partial charge in [0.15, 0.2) is 0 Å². The van der Waals surface area contributed by atoms with Crippen LogP contribution in [0, 0.1) is 6.92 Å². The van der Waals surface area contributed by atoms with Crippen LogP contribution in [0.25, 0.3) is 0 Å². The Morgan fingerprint density at radius 2 is 1.91 bits per heavy atom. The van der Waals surface area contributed by atoms with Crippen molar-refractivity contribution in [3.63, 3.8) is 0 Å². The van der Waals surface area contributed by atoms with Crippen LogP contribution in [-0.2, 0) is 4.79 Å². The smallest absolute Gasteiger partial charge is 0.294 e. The zero-order chi connectivity index (χ0) is 15.3. The Balaban J connectivity index is 1.72. The number of rotatable bonds is 2. The molecule has 1 aromatic carbocycles. The molecule has 22 heavy (non-hydrogen) atoms. The molecular formula is C16H14N2O2S2. The van der Waals surface area contributed by atoms with E-state index in [1.54, 1.807) is 40.1 Å². The number of anilines is 1. The first-order valence-corrected chi connectivity index (χ1v) is 8.98. The number of nitrogens with zero attached hydrogens (tertiary/aromatic N) is 2. The van der Waals surface area contributed by atoms with Crippen LogP contribution < -0.4 is 4.90 Å². The van der Waals surface area contributed by atoms with E-state index in [0.29, 0.717) is 11.4 Å². The SMILES string of the molecule is Cc1ccsc1[C@H]1SC[C@@H]2C(=O)N(c3ccccc3)C(=O)N21. The van der Waals surface area contributed by atoms with E-state index in [2.05, 4.69) is 13.0 Å². The lowest BCUT2D eigenvalue weighted by molar-refractivity contribution is -0.119. The van der Waals surface area contributed by atoms with Gasteiger partial charge in [0.2, 0.25) is 0 Å². The van der Waals surface area contributed by atoms with Crippen LogP contribution >= 0.6 is 23.1 Å². The first-order valence-electron chi connectivity index (χ1n) is 7.05. The molecule has 0 aliphatic carbocycles. The molecule has 0 N–H and O–H groups in total. The van der Waals surface area contributed by atoms with E-state index >= 15 is 0 Å². The average Bonchev–Trinajstić information content (AvgIpc) is 3.18. The topological polar surface area (TPSA) is 40.6 Å². The van der Waals surface area contributed by atoms with E-state index in [4.69, 9.17) is 0 Å². The van der Waals surface area contributed by atoms with Crippen molar-refractivity contribution in [1.82, 2.24) is 4.90 Å².